The van der Waals surface area contributed by atoms with E-state index in [1.165, 1.54) is 76.3 Å². The fourth-order valence-corrected chi connectivity index (χ4v) is 4.50. The Balaban J connectivity index is 1.61. The summed E-state index contributed by atoms with van der Waals surface area (Å²) in [6.07, 6.45) is 13.0. The van der Waals surface area contributed by atoms with Crippen LogP contribution in [0.5, 0.6) is 0 Å². The van der Waals surface area contributed by atoms with Crippen molar-refractivity contribution in [3.05, 3.63) is 12.2 Å². The van der Waals surface area contributed by atoms with Crippen LogP contribution in [-0.2, 0) is 0 Å². The molecule has 2 saturated carbocycles. The largest absolute Gasteiger partial charge is 0.330 e. The fourth-order valence-electron chi connectivity index (χ4n) is 4.20. The van der Waals surface area contributed by atoms with Crippen LogP contribution in [-0.4, -0.2) is 36.3 Å². The Morgan fingerprint density at radius 1 is 1.05 bits per heavy atom. The highest BCUT2D eigenvalue weighted by Crippen LogP contribution is 2.32. The monoisotopic (exact) mass is 324 g/mol. The molecule has 0 unspecified atom stereocenters. The van der Waals surface area contributed by atoms with Crippen molar-refractivity contribution in [2.75, 3.05) is 20.1 Å². The van der Waals surface area contributed by atoms with E-state index in [9.17, 15) is 0 Å². The Bertz CT molecular complexity index is 328. The molecule has 0 amide bonds. The van der Waals surface area contributed by atoms with Gasteiger partial charge in [0.2, 0.25) is 0 Å². The third kappa shape index (κ3) is 5.90. The number of hydrogen-bond donors (Lipinski definition) is 2. The van der Waals surface area contributed by atoms with E-state index >= 15 is 0 Å². The van der Waals surface area contributed by atoms with E-state index in [0.29, 0.717) is 5.25 Å². The van der Waals surface area contributed by atoms with E-state index in [-0.39, 0.29) is 0 Å². The molecular formula is C19H36N2S. The molecule has 2 fully saturated rings. The molecule has 0 spiro atoms. The van der Waals surface area contributed by atoms with Gasteiger partial charge in [-0.2, -0.15) is 12.6 Å². The first kappa shape index (κ1) is 18.4. The van der Waals surface area contributed by atoms with Gasteiger partial charge in [0.05, 0.1) is 0 Å². The zero-order valence-corrected chi connectivity index (χ0v) is 15.4. The lowest BCUT2D eigenvalue weighted by molar-refractivity contribution is 0.194. The molecule has 0 aromatic heterocycles. The van der Waals surface area contributed by atoms with Gasteiger partial charge in [-0.3, -0.25) is 0 Å². The van der Waals surface area contributed by atoms with Gasteiger partial charge >= 0.3 is 0 Å². The molecule has 0 aliphatic heterocycles. The summed E-state index contributed by atoms with van der Waals surface area (Å²) in [5.74, 6) is 1.66. The maximum Gasteiger partial charge on any atom is 0.00931 e. The van der Waals surface area contributed by atoms with Gasteiger partial charge in [-0.1, -0.05) is 12.2 Å². The Labute approximate surface area is 143 Å². The summed E-state index contributed by atoms with van der Waals surface area (Å²) in [5.41, 5.74) is 7.25. The smallest absolute Gasteiger partial charge is 0.00931 e. The van der Waals surface area contributed by atoms with Crippen LogP contribution in [0.25, 0.3) is 0 Å². The van der Waals surface area contributed by atoms with Crippen molar-refractivity contribution in [1.82, 2.24) is 4.90 Å². The molecule has 0 saturated heterocycles. The van der Waals surface area contributed by atoms with Crippen LogP contribution >= 0.6 is 12.6 Å². The summed E-state index contributed by atoms with van der Waals surface area (Å²) in [6.45, 7) is 6.41. The summed E-state index contributed by atoms with van der Waals surface area (Å²) in [4.78, 5) is 2.57. The topological polar surface area (TPSA) is 29.3 Å². The molecule has 2 rings (SSSR count). The first-order chi connectivity index (χ1) is 10.6. The van der Waals surface area contributed by atoms with Gasteiger partial charge in [-0.15, -0.1) is 0 Å². The Morgan fingerprint density at radius 3 is 2.23 bits per heavy atom. The van der Waals surface area contributed by atoms with E-state index < -0.39 is 0 Å². The average Bonchev–Trinajstić information content (AvgIpc) is 2.54. The third-order valence-corrected chi connectivity index (χ3v) is 6.50. The van der Waals surface area contributed by atoms with Crippen molar-refractivity contribution in [1.29, 1.82) is 0 Å². The number of nitrogens with zero attached hydrogens (tertiary/aromatic N) is 1. The van der Waals surface area contributed by atoms with E-state index in [1.54, 1.807) is 0 Å². The summed E-state index contributed by atoms with van der Waals surface area (Å²) in [5, 5.41) is 0.642. The van der Waals surface area contributed by atoms with Gasteiger partial charge in [0, 0.05) is 17.8 Å². The van der Waals surface area contributed by atoms with Crippen LogP contribution in [0.3, 0.4) is 0 Å². The van der Waals surface area contributed by atoms with Crippen molar-refractivity contribution >= 4 is 12.6 Å². The van der Waals surface area contributed by atoms with Crippen LogP contribution in [0.2, 0.25) is 0 Å². The summed E-state index contributed by atoms with van der Waals surface area (Å²) < 4.78 is 0. The number of rotatable bonds is 7. The third-order valence-electron chi connectivity index (χ3n) is 5.98. The van der Waals surface area contributed by atoms with Gasteiger partial charge in [-0.05, 0) is 89.6 Å². The Hall–Kier alpha value is 0.01000. The van der Waals surface area contributed by atoms with Crippen molar-refractivity contribution in [3.63, 3.8) is 0 Å². The van der Waals surface area contributed by atoms with E-state index in [2.05, 4.69) is 31.2 Å². The normalized spacial score (nSPS) is 33.1. The molecule has 0 heterocycles. The van der Waals surface area contributed by atoms with Gasteiger partial charge in [0.25, 0.3) is 0 Å². The maximum atomic E-state index is 5.78. The zero-order chi connectivity index (χ0) is 15.9. The molecule has 0 bridgehead atoms. The lowest BCUT2D eigenvalue weighted by Gasteiger charge is -2.33. The number of thiol groups is 1. The molecule has 0 atom stereocenters. The van der Waals surface area contributed by atoms with Crippen molar-refractivity contribution < 1.29 is 0 Å². The van der Waals surface area contributed by atoms with Crippen molar-refractivity contribution in [3.8, 4) is 0 Å². The van der Waals surface area contributed by atoms with Crippen molar-refractivity contribution in [2.45, 2.75) is 75.5 Å². The predicted octanol–water partition coefficient (Wildman–Crippen LogP) is 4.26. The molecule has 3 heteroatoms. The SMILES string of the molecule is C=C(CCN(C)C1CCC(S)CC1)CC1CCC(CN)CC1. The van der Waals surface area contributed by atoms with E-state index in [1.807, 2.05) is 0 Å². The second-order valence-electron chi connectivity index (χ2n) is 7.77. The van der Waals surface area contributed by atoms with Gasteiger partial charge in [-0.25, -0.2) is 0 Å². The first-order valence-electron chi connectivity index (χ1n) is 9.33. The standard InChI is InChI=1S/C19H36N2S/c1-15(13-16-3-5-17(14-20)6-4-16)11-12-21(2)18-7-9-19(22)10-8-18/h16-19,22H,1,3-14,20H2,2H3. The molecule has 0 aromatic rings. The quantitative estimate of drug-likeness (QED) is 0.541. The summed E-state index contributed by atoms with van der Waals surface area (Å²) >= 11 is 4.60. The Kier molecular flexibility index (Phi) is 7.79. The number of hydrogen-bond acceptors (Lipinski definition) is 3. The molecule has 0 radical (unpaired) electrons. The molecule has 128 valence electrons. The highest BCUT2D eigenvalue weighted by atomic mass is 32.1. The van der Waals surface area contributed by atoms with Gasteiger partial charge in [0.1, 0.15) is 0 Å². The highest BCUT2D eigenvalue weighted by molar-refractivity contribution is 7.80. The van der Waals surface area contributed by atoms with Crippen LogP contribution in [0, 0.1) is 11.8 Å². The van der Waals surface area contributed by atoms with E-state index in [0.717, 1.165) is 24.4 Å². The summed E-state index contributed by atoms with van der Waals surface area (Å²) in [6, 6.07) is 0.774. The fraction of sp³-hybridized carbons (Fsp3) is 0.895. The molecule has 2 aliphatic carbocycles. The van der Waals surface area contributed by atoms with E-state index in [4.69, 9.17) is 5.73 Å². The number of nitrogens with two attached hydrogens (primary N) is 1. The van der Waals surface area contributed by atoms with Crippen LogP contribution < -0.4 is 5.73 Å². The van der Waals surface area contributed by atoms with Crippen LogP contribution in [0.4, 0.5) is 0 Å². The minimum atomic E-state index is 0.642. The molecule has 2 nitrogen and oxygen atoms in total. The summed E-state index contributed by atoms with van der Waals surface area (Å²) in [7, 11) is 2.29. The molecule has 22 heavy (non-hydrogen) atoms. The highest BCUT2D eigenvalue weighted by Gasteiger charge is 2.23. The average molecular weight is 325 g/mol. The zero-order valence-electron chi connectivity index (χ0n) is 14.5. The molecule has 0 aromatic carbocycles. The lowest BCUT2D eigenvalue weighted by atomic mass is 9.79. The second-order valence-corrected chi connectivity index (χ2v) is 8.50. The first-order valence-corrected chi connectivity index (χ1v) is 9.85. The molecule has 2 N–H and O–H groups in total. The lowest BCUT2D eigenvalue weighted by Crippen LogP contribution is -2.36. The minimum Gasteiger partial charge on any atom is -0.330 e. The van der Waals surface area contributed by atoms with Gasteiger partial charge in [0.15, 0.2) is 0 Å². The molecule has 2 aliphatic rings. The second kappa shape index (κ2) is 9.34. The Morgan fingerprint density at radius 2 is 1.64 bits per heavy atom. The van der Waals surface area contributed by atoms with Crippen LogP contribution in [0.1, 0.15) is 64.2 Å². The van der Waals surface area contributed by atoms with Gasteiger partial charge < -0.3 is 10.6 Å². The molecular weight excluding hydrogens is 288 g/mol. The predicted molar refractivity (Wildman–Crippen MR) is 101 cm³/mol. The van der Waals surface area contributed by atoms with Crippen LogP contribution in [0.15, 0.2) is 12.2 Å². The maximum absolute atomic E-state index is 5.78. The minimum absolute atomic E-state index is 0.642. The van der Waals surface area contributed by atoms with Crippen molar-refractivity contribution in [2.24, 2.45) is 17.6 Å².